The molecule has 0 radical (unpaired) electrons. The molecule has 0 bridgehead atoms. The Morgan fingerprint density at radius 1 is 0.516 bits per heavy atom. The average Bonchev–Trinajstić information content (AvgIpc) is 3.28. The second-order valence-electron chi connectivity index (χ2n) is 16.9. The van der Waals surface area contributed by atoms with E-state index < -0.39 is 63.1 Å². The molecule has 64 heavy (non-hydrogen) atoms. The summed E-state index contributed by atoms with van der Waals surface area (Å²) in [5.41, 5.74) is 0. The number of ether oxygens (including phenoxy) is 2. The monoisotopic (exact) mass is 925 g/mol. The number of rotatable bonds is 41. The van der Waals surface area contributed by atoms with Crippen LogP contribution in [0.25, 0.3) is 0 Å². The Bertz CT molecular complexity index is 1330. The molecule has 13 heteroatoms. The molecular formula is C51H89O12P. The SMILES string of the molecule is CC/C=C\C/C=C\C/C=C\C/C=C\C/C=C\CCCCCCCCOCC(COP(=O)(O)OC1C(O)C(O)C(O)C(O)C1O)OC(=O)CCCCCCC/C=C\CCCCCCCC. The summed E-state index contributed by atoms with van der Waals surface area (Å²) in [6, 6.07) is 0. The standard InChI is InChI=1S/C51H89O12P/c1-3-5-7-9-11-13-15-17-19-20-21-22-23-24-25-27-29-31-33-35-37-39-41-60-42-44(43-61-64(58,59)63-51-49(56)47(54)46(53)48(55)50(51)57)62-45(52)40-38-36-34-32-30-28-26-18-16-14-12-10-8-6-4-2/h5,7,11,13,17-19,21-22,24-26,44,46-51,53-57H,3-4,6,8-10,12,14-16,20,23,27-43H2,1-2H3,(H,58,59)/b7-5-,13-11-,19-17-,22-21-,25-24-,26-18-. The number of phosphoric ester groups is 1. The summed E-state index contributed by atoms with van der Waals surface area (Å²) in [5, 5.41) is 50.3. The van der Waals surface area contributed by atoms with Crippen molar-refractivity contribution in [1.82, 2.24) is 0 Å². The van der Waals surface area contributed by atoms with Gasteiger partial charge >= 0.3 is 13.8 Å². The Balaban J connectivity index is 2.38. The molecule has 0 aliphatic heterocycles. The van der Waals surface area contributed by atoms with Gasteiger partial charge in [0.2, 0.25) is 0 Å². The summed E-state index contributed by atoms with van der Waals surface area (Å²) in [5.74, 6) is -0.494. The maximum absolute atomic E-state index is 12.8. The highest BCUT2D eigenvalue weighted by Crippen LogP contribution is 2.47. The maximum Gasteiger partial charge on any atom is 0.472 e. The third kappa shape index (κ3) is 32.5. The lowest BCUT2D eigenvalue weighted by Gasteiger charge is -2.41. The molecule has 6 unspecified atom stereocenters. The minimum atomic E-state index is -5.03. The Hall–Kier alpha value is -2.22. The van der Waals surface area contributed by atoms with Crippen LogP contribution in [0.4, 0.5) is 0 Å². The van der Waals surface area contributed by atoms with Gasteiger partial charge in [0, 0.05) is 13.0 Å². The van der Waals surface area contributed by atoms with Crippen molar-refractivity contribution in [1.29, 1.82) is 0 Å². The van der Waals surface area contributed by atoms with Gasteiger partial charge in [-0.1, -0.05) is 164 Å². The Kier molecular flexibility index (Phi) is 38.3. The van der Waals surface area contributed by atoms with E-state index >= 15 is 0 Å². The largest absolute Gasteiger partial charge is 0.472 e. The van der Waals surface area contributed by atoms with Gasteiger partial charge in [0.15, 0.2) is 0 Å². The molecule has 12 nitrogen and oxygen atoms in total. The fourth-order valence-electron chi connectivity index (χ4n) is 7.14. The molecule has 0 aromatic carbocycles. The smallest absolute Gasteiger partial charge is 0.457 e. The van der Waals surface area contributed by atoms with E-state index in [4.69, 9.17) is 18.5 Å². The molecule has 1 aliphatic carbocycles. The lowest BCUT2D eigenvalue weighted by molar-refractivity contribution is -0.220. The Morgan fingerprint density at radius 2 is 0.922 bits per heavy atom. The van der Waals surface area contributed by atoms with Crippen LogP contribution in [0.5, 0.6) is 0 Å². The van der Waals surface area contributed by atoms with E-state index in [2.05, 4.69) is 86.8 Å². The van der Waals surface area contributed by atoms with Crippen LogP contribution in [0.2, 0.25) is 0 Å². The number of hydrogen-bond donors (Lipinski definition) is 6. The van der Waals surface area contributed by atoms with Crippen molar-refractivity contribution in [3.05, 3.63) is 72.9 Å². The minimum absolute atomic E-state index is 0.0936. The lowest BCUT2D eigenvalue weighted by atomic mass is 9.85. The van der Waals surface area contributed by atoms with Gasteiger partial charge in [0.05, 0.1) is 13.2 Å². The van der Waals surface area contributed by atoms with Gasteiger partial charge in [-0.3, -0.25) is 13.8 Å². The van der Waals surface area contributed by atoms with E-state index in [0.717, 1.165) is 116 Å². The summed E-state index contributed by atoms with van der Waals surface area (Å²) in [6.45, 7) is 4.09. The normalized spacial score (nSPS) is 22.3. The van der Waals surface area contributed by atoms with Crippen LogP contribution in [0.15, 0.2) is 72.9 Å². The molecule has 0 aromatic rings. The molecule has 0 aromatic heterocycles. The first-order valence-corrected chi connectivity index (χ1v) is 26.3. The summed E-state index contributed by atoms with van der Waals surface area (Å²) >= 11 is 0. The van der Waals surface area contributed by atoms with E-state index in [-0.39, 0.29) is 13.0 Å². The number of aliphatic hydroxyl groups is 5. The predicted octanol–water partition coefficient (Wildman–Crippen LogP) is 10.8. The first kappa shape index (κ1) is 59.8. The third-order valence-corrected chi connectivity index (χ3v) is 12.0. The Labute approximate surface area is 387 Å². The lowest BCUT2D eigenvalue weighted by Crippen LogP contribution is -2.64. The molecule has 0 spiro atoms. The van der Waals surface area contributed by atoms with Gasteiger partial charge < -0.3 is 39.9 Å². The second kappa shape index (κ2) is 41.0. The van der Waals surface area contributed by atoms with Crippen molar-refractivity contribution < 1.29 is 58.3 Å². The highest BCUT2D eigenvalue weighted by Gasteiger charge is 2.51. The number of unbranched alkanes of at least 4 members (excludes halogenated alkanes) is 17. The van der Waals surface area contributed by atoms with Gasteiger partial charge in [-0.25, -0.2) is 4.57 Å². The molecule has 6 N–H and O–H groups in total. The second-order valence-corrected chi connectivity index (χ2v) is 18.3. The number of carbonyl (C=O) groups is 1. The van der Waals surface area contributed by atoms with Crippen LogP contribution in [-0.2, 0) is 27.9 Å². The summed E-state index contributed by atoms with van der Waals surface area (Å²) in [4.78, 5) is 23.2. The van der Waals surface area contributed by atoms with E-state index in [1.807, 2.05) is 0 Å². The van der Waals surface area contributed by atoms with Crippen LogP contribution < -0.4 is 0 Å². The molecule has 370 valence electrons. The molecule has 6 atom stereocenters. The van der Waals surface area contributed by atoms with Crippen LogP contribution in [0, 0.1) is 0 Å². The molecular weight excluding hydrogens is 836 g/mol. The van der Waals surface area contributed by atoms with Crippen LogP contribution in [0.3, 0.4) is 0 Å². The van der Waals surface area contributed by atoms with Crippen molar-refractivity contribution in [2.45, 2.75) is 224 Å². The number of aliphatic hydroxyl groups excluding tert-OH is 5. The zero-order valence-electron chi connectivity index (χ0n) is 39.6. The van der Waals surface area contributed by atoms with Crippen molar-refractivity contribution in [2.24, 2.45) is 0 Å². The molecule has 1 fully saturated rings. The summed E-state index contributed by atoms with van der Waals surface area (Å²) in [6.07, 6.45) is 41.1. The highest BCUT2D eigenvalue weighted by molar-refractivity contribution is 7.47. The zero-order chi connectivity index (χ0) is 46.9. The average molecular weight is 925 g/mol. The topological polar surface area (TPSA) is 192 Å². The van der Waals surface area contributed by atoms with Gasteiger partial charge in [0.1, 0.15) is 42.7 Å². The van der Waals surface area contributed by atoms with Crippen molar-refractivity contribution in [3.8, 4) is 0 Å². The van der Waals surface area contributed by atoms with Crippen LogP contribution in [0.1, 0.15) is 181 Å². The summed E-state index contributed by atoms with van der Waals surface area (Å²) in [7, 11) is -5.03. The molecule has 0 amide bonds. The van der Waals surface area contributed by atoms with E-state index in [0.29, 0.717) is 13.0 Å². The maximum atomic E-state index is 12.8. The van der Waals surface area contributed by atoms with Crippen molar-refractivity contribution >= 4 is 13.8 Å². The minimum Gasteiger partial charge on any atom is -0.457 e. The first-order valence-electron chi connectivity index (χ1n) is 24.8. The van der Waals surface area contributed by atoms with E-state index in [1.165, 1.54) is 38.5 Å². The van der Waals surface area contributed by atoms with Gasteiger partial charge in [-0.05, 0) is 83.5 Å². The van der Waals surface area contributed by atoms with Crippen LogP contribution >= 0.6 is 7.82 Å². The first-order chi connectivity index (χ1) is 31.0. The molecule has 0 saturated heterocycles. The highest BCUT2D eigenvalue weighted by atomic mass is 31.2. The number of phosphoric acid groups is 1. The third-order valence-electron chi connectivity index (χ3n) is 11.1. The van der Waals surface area contributed by atoms with Crippen molar-refractivity contribution in [2.75, 3.05) is 19.8 Å². The van der Waals surface area contributed by atoms with Crippen LogP contribution in [-0.4, -0.2) is 98.9 Å². The number of esters is 1. The molecule has 0 heterocycles. The van der Waals surface area contributed by atoms with Gasteiger partial charge in [0.25, 0.3) is 0 Å². The molecule has 1 saturated carbocycles. The number of hydrogen-bond acceptors (Lipinski definition) is 11. The van der Waals surface area contributed by atoms with E-state index in [9.17, 15) is 39.8 Å². The molecule has 1 aliphatic rings. The molecule has 1 rings (SSSR count). The predicted molar refractivity (Wildman–Crippen MR) is 258 cm³/mol. The fourth-order valence-corrected chi connectivity index (χ4v) is 8.11. The number of carbonyl (C=O) groups excluding carboxylic acids is 1. The summed E-state index contributed by atoms with van der Waals surface area (Å²) < 4.78 is 34.2. The van der Waals surface area contributed by atoms with Crippen molar-refractivity contribution in [3.63, 3.8) is 0 Å². The van der Waals surface area contributed by atoms with Gasteiger partial charge in [-0.2, -0.15) is 0 Å². The van der Waals surface area contributed by atoms with E-state index in [1.54, 1.807) is 0 Å². The zero-order valence-corrected chi connectivity index (χ0v) is 40.5. The quantitative estimate of drug-likeness (QED) is 0.0147. The van der Waals surface area contributed by atoms with Gasteiger partial charge in [-0.15, -0.1) is 0 Å². The fraction of sp³-hybridized carbons (Fsp3) is 0.745. The Morgan fingerprint density at radius 3 is 1.42 bits per heavy atom. The number of allylic oxidation sites excluding steroid dienone is 12.